The van der Waals surface area contributed by atoms with Crippen molar-refractivity contribution < 1.29 is 4.74 Å². The lowest BCUT2D eigenvalue weighted by Gasteiger charge is -2.35. The van der Waals surface area contributed by atoms with Crippen molar-refractivity contribution in [1.29, 1.82) is 5.26 Å². The molecule has 1 saturated heterocycles. The number of nitrogen functional groups attached to an aromatic ring is 1. The van der Waals surface area contributed by atoms with Gasteiger partial charge in [0.1, 0.15) is 17.3 Å². The van der Waals surface area contributed by atoms with Gasteiger partial charge in [0.05, 0.1) is 24.8 Å². The van der Waals surface area contributed by atoms with Crippen molar-refractivity contribution in [2.75, 3.05) is 18.8 Å². The summed E-state index contributed by atoms with van der Waals surface area (Å²) in [6.07, 6.45) is 2.12. The number of ether oxygens (including phenoxy) is 1. The summed E-state index contributed by atoms with van der Waals surface area (Å²) in [6, 6.07) is 19.4. The van der Waals surface area contributed by atoms with Gasteiger partial charge in [0, 0.05) is 11.6 Å². The molecule has 0 aliphatic carbocycles. The molecule has 0 amide bonds. The molecule has 0 atom stereocenters. The molecule has 1 aliphatic rings. The lowest BCUT2D eigenvalue weighted by Crippen LogP contribution is -2.45. The van der Waals surface area contributed by atoms with Crippen LogP contribution in [0, 0.1) is 11.5 Å². The van der Waals surface area contributed by atoms with Gasteiger partial charge in [-0.2, -0.15) is 10.4 Å². The number of para-hydroxylation sites is 1. The first kappa shape index (κ1) is 15.1. The number of anilines is 1. The Morgan fingerprint density at radius 3 is 2.40 bits per heavy atom. The van der Waals surface area contributed by atoms with E-state index in [1.54, 1.807) is 9.58 Å². The normalized spacial score (nSPS) is 14.0. The van der Waals surface area contributed by atoms with Crippen LogP contribution in [-0.2, 0) is 0 Å². The van der Waals surface area contributed by atoms with E-state index in [-0.39, 0.29) is 6.04 Å². The van der Waals surface area contributed by atoms with Crippen LogP contribution in [0.1, 0.15) is 6.04 Å². The molecule has 2 aromatic carbocycles. The standard InChI is InChI=1S/C19H17N5O/c20-13-23-11-15(12-23)24-19(21)10-18(22-24)14-6-8-17(9-7-14)25-16-4-2-1-3-5-16/h1-10,15H,11-12,21H2. The van der Waals surface area contributed by atoms with Gasteiger partial charge in [-0.1, -0.05) is 18.2 Å². The van der Waals surface area contributed by atoms with Crippen molar-refractivity contribution in [3.63, 3.8) is 0 Å². The van der Waals surface area contributed by atoms with Crippen molar-refractivity contribution in [2.45, 2.75) is 6.04 Å². The number of hydrogen-bond acceptors (Lipinski definition) is 5. The van der Waals surface area contributed by atoms with E-state index in [0.29, 0.717) is 18.9 Å². The Morgan fingerprint density at radius 2 is 1.72 bits per heavy atom. The van der Waals surface area contributed by atoms with E-state index in [2.05, 4.69) is 11.3 Å². The summed E-state index contributed by atoms with van der Waals surface area (Å²) in [7, 11) is 0. The molecule has 0 radical (unpaired) electrons. The van der Waals surface area contributed by atoms with Gasteiger partial charge in [0.25, 0.3) is 0 Å². The zero-order chi connectivity index (χ0) is 17.2. The molecule has 6 nitrogen and oxygen atoms in total. The molecule has 3 aromatic rings. The van der Waals surface area contributed by atoms with Gasteiger partial charge in [0.2, 0.25) is 0 Å². The molecule has 4 rings (SSSR count). The van der Waals surface area contributed by atoms with Gasteiger partial charge in [-0.15, -0.1) is 0 Å². The van der Waals surface area contributed by atoms with Crippen molar-refractivity contribution in [3.05, 3.63) is 60.7 Å². The molecule has 2 N–H and O–H groups in total. The number of rotatable bonds is 4. The first-order valence-corrected chi connectivity index (χ1v) is 8.06. The first-order chi connectivity index (χ1) is 12.2. The van der Waals surface area contributed by atoms with Crippen LogP contribution in [0.15, 0.2) is 60.7 Å². The highest BCUT2D eigenvalue weighted by Crippen LogP contribution is 2.29. The second-order valence-electron chi connectivity index (χ2n) is 6.00. The maximum Gasteiger partial charge on any atom is 0.179 e. The lowest BCUT2D eigenvalue weighted by molar-refractivity contribution is 0.166. The maximum atomic E-state index is 8.84. The van der Waals surface area contributed by atoms with Gasteiger partial charge >= 0.3 is 0 Å². The largest absolute Gasteiger partial charge is 0.457 e. The fourth-order valence-corrected chi connectivity index (χ4v) is 2.85. The van der Waals surface area contributed by atoms with Gasteiger partial charge in [-0.05, 0) is 36.4 Å². The first-order valence-electron chi connectivity index (χ1n) is 8.06. The molecule has 124 valence electrons. The molecule has 0 spiro atoms. The van der Waals surface area contributed by atoms with Gasteiger partial charge in [-0.3, -0.25) is 0 Å². The Kier molecular flexibility index (Phi) is 3.75. The number of likely N-dealkylation sites (tertiary alicyclic amines) is 1. The van der Waals surface area contributed by atoms with Crippen molar-refractivity contribution >= 4 is 5.82 Å². The lowest BCUT2D eigenvalue weighted by atomic mass is 10.1. The van der Waals surface area contributed by atoms with E-state index in [1.807, 2.05) is 60.7 Å². The summed E-state index contributed by atoms with van der Waals surface area (Å²) in [5.41, 5.74) is 7.88. The molecule has 1 aromatic heterocycles. The minimum absolute atomic E-state index is 0.161. The van der Waals surface area contributed by atoms with Gasteiger partial charge in [0.15, 0.2) is 6.19 Å². The molecule has 1 aliphatic heterocycles. The fraction of sp³-hybridized carbons (Fsp3) is 0.158. The average Bonchev–Trinajstić information content (AvgIpc) is 2.97. The summed E-state index contributed by atoms with van der Waals surface area (Å²) in [6.45, 7) is 1.32. The highest BCUT2D eigenvalue weighted by atomic mass is 16.5. The van der Waals surface area contributed by atoms with E-state index >= 15 is 0 Å². The summed E-state index contributed by atoms with van der Waals surface area (Å²) in [5.74, 6) is 2.18. The molecular weight excluding hydrogens is 314 g/mol. The van der Waals surface area contributed by atoms with Crippen molar-refractivity contribution in [3.8, 4) is 28.9 Å². The quantitative estimate of drug-likeness (QED) is 0.742. The van der Waals surface area contributed by atoms with Gasteiger partial charge < -0.3 is 15.4 Å². The SMILES string of the molecule is N#CN1CC(n2nc(-c3ccc(Oc4ccccc4)cc3)cc2N)C1. The maximum absolute atomic E-state index is 8.84. The number of nitrogens with zero attached hydrogens (tertiary/aromatic N) is 4. The number of nitriles is 1. The zero-order valence-electron chi connectivity index (χ0n) is 13.5. The smallest absolute Gasteiger partial charge is 0.179 e. The summed E-state index contributed by atoms with van der Waals surface area (Å²) >= 11 is 0. The van der Waals surface area contributed by atoms with Crippen LogP contribution in [0.3, 0.4) is 0 Å². The van der Waals surface area contributed by atoms with Crippen molar-refractivity contribution in [1.82, 2.24) is 14.7 Å². The summed E-state index contributed by atoms with van der Waals surface area (Å²) in [4.78, 5) is 1.68. The molecule has 0 bridgehead atoms. The summed E-state index contributed by atoms with van der Waals surface area (Å²) < 4.78 is 7.60. The average molecular weight is 331 g/mol. The molecule has 2 heterocycles. The second-order valence-corrected chi connectivity index (χ2v) is 6.00. The van der Waals surface area contributed by atoms with Crippen LogP contribution in [0.2, 0.25) is 0 Å². The molecular formula is C19H17N5O. The number of nitrogens with two attached hydrogens (primary N) is 1. The van der Waals surface area contributed by atoms with Crippen LogP contribution in [0.4, 0.5) is 5.82 Å². The molecule has 0 saturated carbocycles. The Labute approximate surface area is 145 Å². The van der Waals surface area contributed by atoms with E-state index in [0.717, 1.165) is 22.8 Å². The van der Waals surface area contributed by atoms with E-state index < -0.39 is 0 Å². The molecule has 6 heteroatoms. The second kappa shape index (κ2) is 6.21. The van der Waals surface area contributed by atoms with Crippen molar-refractivity contribution in [2.24, 2.45) is 0 Å². The number of benzene rings is 2. The summed E-state index contributed by atoms with van der Waals surface area (Å²) in [5, 5.41) is 13.4. The Hall–Kier alpha value is -3.46. The molecule has 25 heavy (non-hydrogen) atoms. The van der Waals surface area contributed by atoms with Crippen LogP contribution >= 0.6 is 0 Å². The molecule has 0 unspecified atom stereocenters. The zero-order valence-corrected chi connectivity index (χ0v) is 13.5. The highest BCUT2D eigenvalue weighted by Gasteiger charge is 2.29. The van der Waals surface area contributed by atoms with Crippen LogP contribution in [-0.4, -0.2) is 27.8 Å². The Bertz CT molecular complexity index is 905. The minimum Gasteiger partial charge on any atom is -0.457 e. The fourth-order valence-electron chi connectivity index (χ4n) is 2.85. The number of aromatic nitrogens is 2. The highest BCUT2D eigenvalue weighted by molar-refractivity contribution is 5.63. The Balaban J connectivity index is 1.50. The molecule has 1 fully saturated rings. The monoisotopic (exact) mass is 331 g/mol. The topological polar surface area (TPSA) is 80.1 Å². The predicted molar refractivity (Wildman–Crippen MR) is 94.8 cm³/mol. The third kappa shape index (κ3) is 3.00. The van der Waals surface area contributed by atoms with E-state index in [4.69, 9.17) is 15.7 Å². The third-order valence-corrected chi connectivity index (χ3v) is 4.24. The van der Waals surface area contributed by atoms with Crippen LogP contribution in [0.25, 0.3) is 11.3 Å². The predicted octanol–water partition coefficient (Wildman–Crippen LogP) is 3.26. The van der Waals surface area contributed by atoms with Crippen LogP contribution < -0.4 is 10.5 Å². The number of hydrogen-bond donors (Lipinski definition) is 1. The minimum atomic E-state index is 0.161. The van der Waals surface area contributed by atoms with Gasteiger partial charge in [-0.25, -0.2) is 4.68 Å². The van der Waals surface area contributed by atoms with E-state index in [9.17, 15) is 0 Å². The van der Waals surface area contributed by atoms with E-state index in [1.165, 1.54) is 0 Å². The Morgan fingerprint density at radius 1 is 1.04 bits per heavy atom. The third-order valence-electron chi connectivity index (χ3n) is 4.24. The van der Waals surface area contributed by atoms with Crippen LogP contribution in [0.5, 0.6) is 11.5 Å².